The van der Waals surface area contributed by atoms with Crippen LogP contribution in [0.2, 0.25) is 0 Å². The van der Waals surface area contributed by atoms with Crippen LogP contribution in [0.1, 0.15) is 81.0 Å². The third-order valence-corrected chi connectivity index (χ3v) is 11.4. The van der Waals surface area contributed by atoms with Crippen molar-refractivity contribution in [3.05, 3.63) is 155 Å². The molecule has 0 bridgehead atoms. The maximum absolute atomic E-state index is 14.0. The largest absolute Gasteiger partial charge is 0.489 e. The van der Waals surface area contributed by atoms with Gasteiger partial charge in [-0.2, -0.15) is 0 Å². The van der Waals surface area contributed by atoms with Crippen LogP contribution in [0.5, 0.6) is 5.75 Å². The number of hydrogen-bond donors (Lipinski definition) is 1. The van der Waals surface area contributed by atoms with Gasteiger partial charge in [-0.3, -0.25) is 24.0 Å². The molecular weight excluding hydrogens is 838 g/mol. The van der Waals surface area contributed by atoms with Crippen molar-refractivity contribution in [2.45, 2.75) is 89.8 Å². The minimum Gasteiger partial charge on any atom is -0.489 e. The molecule has 1 unspecified atom stereocenters. The number of rotatable bonds is 16. The van der Waals surface area contributed by atoms with Crippen LogP contribution in [0.25, 0.3) is 11.1 Å². The first-order chi connectivity index (χ1) is 31.3. The summed E-state index contributed by atoms with van der Waals surface area (Å²) < 4.78 is 48.8. The monoisotopic (exact) mass is 887 g/mol. The predicted octanol–water partition coefficient (Wildman–Crippen LogP) is 8.09. The van der Waals surface area contributed by atoms with Crippen LogP contribution < -0.4 is 9.64 Å². The summed E-state index contributed by atoms with van der Waals surface area (Å²) in [5, 5.41) is 11.1. The number of β-lactam (4-membered cyclic amide) rings is 1. The molecular formula is C51H50FNO12. The highest BCUT2D eigenvalue weighted by Gasteiger charge is 2.53. The van der Waals surface area contributed by atoms with Crippen molar-refractivity contribution in [2.75, 3.05) is 11.5 Å². The van der Waals surface area contributed by atoms with Gasteiger partial charge in [-0.25, -0.2) is 4.39 Å². The Kier molecular flexibility index (Phi) is 14.7. The van der Waals surface area contributed by atoms with E-state index in [4.69, 9.17) is 28.4 Å². The second-order valence-corrected chi connectivity index (χ2v) is 16.0. The molecule has 2 aliphatic rings. The Morgan fingerprint density at radius 2 is 1.31 bits per heavy atom. The number of anilines is 1. The van der Waals surface area contributed by atoms with Crippen molar-refractivity contribution in [1.82, 2.24) is 0 Å². The Labute approximate surface area is 376 Å². The molecule has 0 saturated carbocycles. The SMILES string of the molecule is CC(=O)OC[C@H]1OC(c2ccc(-c3ccc([C@H]4[C@H](CC[C@H](O)c5ccc(F)cc5)C(=O)N4c4ccccc4)c(OCc4ccccc4)c3)cc2)[C@H](OC(C)=O)[C@@H](OC(C)=O)[C@@H]1OC(C)=O. The van der Waals surface area contributed by atoms with Crippen LogP contribution in [0, 0.1) is 11.7 Å². The number of ether oxygens (including phenoxy) is 6. The van der Waals surface area contributed by atoms with Gasteiger partial charge in [-0.05, 0) is 71.0 Å². The minimum absolute atomic E-state index is 0.0941. The van der Waals surface area contributed by atoms with E-state index in [2.05, 4.69) is 0 Å². The first kappa shape index (κ1) is 46.1. The van der Waals surface area contributed by atoms with Gasteiger partial charge in [0.25, 0.3) is 0 Å². The molecule has 13 nitrogen and oxygen atoms in total. The minimum atomic E-state index is -1.32. The number of carbonyl (C=O) groups excluding carboxylic acids is 5. The summed E-state index contributed by atoms with van der Waals surface area (Å²) in [7, 11) is 0. The van der Waals surface area contributed by atoms with Crippen molar-refractivity contribution in [1.29, 1.82) is 0 Å². The van der Waals surface area contributed by atoms with Gasteiger partial charge in [0.15, 0.2) is 18.3 Å². The number of aliphatic hydroxyl groups is 1. The van der Waals surface area contributed by atoms with E-state index in [1.54, 1.807) is 29.2 Å². The van der Waals surface area contributed by atoms with Gasteiger partial charge < -0.3 is 38.4 Å². The number of esters is 4. The lowest BCUT2D eigenvalue weighted by Gasteiger charge is -2.48. The van der Waals surface area contributed by atoms with Gasteiger partial charge in [0, 0.05) is 38.9 Å². The highest BCUT2D eigenvalue weighted by Crippen LogP contribution is 2.50. The summed E-state index contributed by atoms with van der Waals surface area (Å²) in [6, 6.07) is 37.3. The summed E-state index contributed by atoms with van der Waals surface area (Å²) in [6.07, 6.45) is -6.32. The second-order valence-electron chi connectivity index (χ2n) is 16.0. The van der Waals surface area contributed by atoms with Crippen LogP contribution >= 0.6 is 0 Å². The van der Waals surface area contributed by atoms with Crippen molar-refractivity contribution in [2.24, 2.45) is 5.92 Å². The average Bonchev–Trinajstić information content (AvgIpc) is 3.28. The van der Waals surface area contributed by atoms with E-state index < -0.39 is 78.3 Å². The molecule has 2 aliphatic heterocycles. The van der Waals surface area contributed by atoms with Crippen LogP contribution in [0.3, 0.4) is 0 Å². The summed E-state index contributed by atoms with van der Waals surface area (Å²) in [4.78, 5) is 64.8. The molecule has 8 atom stereocenters. The van der Waals surface area contributed by atoms with Gasteiger partial charge >= 0.3 is 23.9 Å². The van der Waals surface area contributed by atoms with E-state index in [0.717, 1.165) is 29.2 Å². The fourth-order valence-electron chi connectivity index (χ4n) is 8.43. The lowest BCUT2D eigenvalue weighted by atomic mass is 9.77. The fourth-order valence-corrected chi connectivity index (χ4v) is 8.43. The maximum atomic E-state index is 14.0. The smallest absolute Gasteiger partial charge is 0.303 e. The zero-order chi connectivity index (χ0) is 46.2. The molecule has 7 rings (SSSR count). The molecule has 2 saturated heterocycles. The summed E-state index contributed by atoms with van der Waals surface area (Å²) in [5.74, 6) is -3.24. The number of nitrogens with zero attached hydrogens (tertiary/aromatic N) is 1. The van der Waals surface area contributed by atoms with Gasteiger partial charge in [0.05, 0.1) is 18.1 Å². The van der Waals surface area contributed by atoms with Crippen molar-refractivity contribution < 1.29 is 61.9 Å². The van der Waals surface area contributed by atoms with Crippen LogP contribution in [-0.4, -0.2) is 65.9 Å². The standard InChI is InChI=1S/C51H50FNO12/c1-30(54)60-29-45-48(62-31(2)55)50(64-33(4)57)49(63-32(3)56)47(65-45)37-17-15-35(16-18-37)38-21-24-41(44(27-38)61-28-34-11-7-5-8-12-34)46-42(51(59)53(46)40-13-9-6-10-14-40)25-26-43(58)36-19-22-39(52)23-20-36/h5-24,27,42-43,45-50,58H,25-26,28-29H2,1-4H3/t42-,43-,45+,46-,47?,48+,49-,50-/m0/s1. The molecule has 5 aromatic rings. The zero-order valence-corrected chi connectivity index (χ0v) is 36.3. The quantitative estimate of drug-likeness (QED) is 0.0576. The van der Waals surface area contributed by atoms with E-state index in [1.807, 2.05) is 91.0 Å². The Bertz CT molecular complexity index is 2470. The van der Waals surface area contributed by atoms with Crippen LogP contribution in [0.4, 0.5) is 10.1 Å². The topological polar surface area (TPSA) is 164 Å². The van der Waals surface area contributed by atoms with Crippen LogP contribution in [-0.2, 0) is 54.3 Å². The Morgan fingerprint density at radius 1 is 0.708 bits per heavy atom. The Hall–Kier alpha value is -6.90. The van der Waals surface area contributed by atoms with Gasteiger partial charge in [-0.15, -0.1) is 0 Å². The molecule has 1 amide bonds. The maximum Gasteiger partial charge on any atom is 0.303 e. The average molecular weight is 888 g/mol. The highest BCUT2D eigenvalue weighted by molar-refractivity contribution is 6.03. The second kappa shape index (κ2) is 20.7. The molecule has 1 N–H and O–H groups in total. The first-order valence-electron chi connectivity index (χ1n) is 21.3. The number of carbonyl (C=O) groups is 5. The van der Waals surface area contributed by atoms with E-state index in [-0.39, 0.29) is 25.5 Å². The van der Waals surface area contributed by atoms with Crippen molar-refractivity contribution >= 4 is 35.5 Å². The molecule has 0 aliphatic carbocycles. The van der Waals surface area contributed by atoms with Gasteiger partial charge in [0.1, 0.15) is 37.0 Å². The zero-order valence-electron chi connectivity index (χ0n) is 36.3. The molecule has 2 heterocycles. The van der Waals surface area contributed by atoms with Crippen molar-refractivity contribution in [3.63, 3.8) is 0 Å². The molecule has 65 heavy (non-hydrogen) atoms. The molecule has 0 aromatic heterocycles. The molecule has 0 spiro atoms. The van der Waals surface area contributed by atoms with Gasteiger partial charge in [0.2, 0.25) is 5.91 Å². The summed E-state index contributed by atoms with van der Waals surface area (Å²) >= 11 is 0. The van der Waals surface area contributed by atoms with E-state index >= 15 is 0 Å². The van der Waals surface area contributed by atoms with Crippen LogP contribution in [0.15, 0.2) is 127 Å². The molecule has 0 radical (unpaired) electrons. The lowest BCUT2D eigenvalue weighted by molar-refractivity contribution is -0.254. The number of halogens is 1. The molecule has 14 heteroatoms. The molecule has 2 fully saturated rings. The predicted molar refractivity (Wildman–Crippen MR) is 234 cm³/mol. The van der Waals surface area contributed by atoms with Gasteiger partial charge in [-0.1, -0.05) is 97.1 Å². The summed E-state index contributed by atoms with van der Waals surface area (Å²) in [5.41, 5.74) is 5.02. The first-order valence-corrected chi connectivity index (χ1v) is 21.3. The third kappa shape index (κ3) is 11.1. The molecule has 5 aromatic carbocycles. The Balaban J connectivity index is 1.23. The van der Waals surface area contributed by atoms with E-state index in [9.17, 15) is 33.5 Å². The number of amides is 1. The molecule has 338 valence electrons. The number of para-hydroxylation sites is 1. The van der Waals surface area contributed by atoms with Crippen molar-refractivity contribution in [3.8, 4) is 16.9 Å². The Morgan fingerprint density at radius 3 is 1.94 bits per heavy atom. The van der Waals surface area contributed by atoms with E-state index in [0.29, 0.717) is 29.0 Å². The number of benzene rings is 5. The lowest BCUT2D eigenvalue weighted by Crippen LogP contribution is -2.59. The normalized spacial score (nSPS) is 21.9. The number of aliphatic hydroxyl groups excluding tert-OH is 1. The fraction of sp³-hybridized carbons (Fsp3) is 0.314. The summed E-state index contributed by atoms with van der Waals surface area (Å²) in [6.45, 7) is 4.62. The highest BCUT2D eigenvalue weighted by atomic mass is 19.1. The van der Waals surface area contributed by atoms with E-state index in [1.165, 1.54) is 32.9 Å². The third-order valence-electron chi connectivity index (χ3n) is 11.4. The number of hydrogen-bond acceptors (Lipinski definition) is 12.